The third kappa shape index (κ3) is 5.87. The minimum atomic E-state index is -3.68. The molecule has 6 nitrogen and oxygen atoms in total. The molecule has 0 saturated carbocycles. The number of sulfonamides is 1. The van der Waals surface area contributed by atoms with Crippen molar-refractivity contribution in [1.82, 2.24) is 0 Å². The summed E-state index contributed by atoms with van der Waals surface area (Å²) in [5.41, 5.74) is 0.915. The van der Waals surface area contributed by atoms with Gasteiger partial charge in [0.15, 0.2) is 0 Å². The molecule has 27 heavy (non-hydrogen) atoms. The first-order valence-corrected chi connectivity index (χ1v) is 10.6. The van der Waals surface area contributed by atoms with Crippen LogP contribution in [0.2, 0.25) is 5.02 Å². The molecule has 0 spiro atoms. The van der Waals surface area contributed by atoms with E-state index in [4.69, 9.17) is 16.3 Å². The second kappa shape index (κ2) is 8.63. The molecule has 1 atom stereocenters. The lowest BCUT2D eigenvalue weighted by atomic mass is 10.2. The lowest BCUT2D eigenvalue weighted by Gasteiger charge is -2.28. The van der Waals surface area contributed by atoms with E-state index in [1.54, 1.807) is 48.5 Å². The molecule has 146 valence electrons. The van der Waals surface area contributed by atoms with Crippen molar-refractivity contribution < 1.29 is 17.9 Å². The van der Waals surface area contributed by atoms with E-state index >= 15 is 0 Å². The summed E-state index contributed by atoms with van der Waals surface area (Å²) >= 11 is 5.87. The van der Waals surface area contributed by atoms with Crippen LogP contribution in [0.15, 0.2) is 48.5 Å². The highest BCUT2D eigenvalue weighted by atomic mass is 35.5. The Bertz CT molecular complexity index is 881. The third-order valence-electron chi connectivity index (χ3n) is 3.66. The number of benzene rings is 2. The molecule has 1 amide bonds. The van der Waals surface area contributed by atoms with Gasteiger partial charge in [0.2, 0.25) is 15.9 Å². The fourth-order valence-electron chi connectivity index (χ4n) is 2.53. The van der Waals surface area contributed by atoms with Gasteiger partial charge in [-0.25, -0.2) is 8.42 Å². The maximum atomic E-state index is 12.6. The zero-order chi connectivity index (χ0) is 20.2. The van der Waals surface area contributed by atoms with Crippen LogP contribution in [-0.2, 0) is 14.8 Å². The van der Waals surface area contributed by atoms with E-state index in [1.807, 2.05) is 13.8 Å². The van der Waals surface area contributed by atoms with Crippen LogP contribution in [0.1, 0.15) is 20.8 Å². The average Bonchev–Trinajstić information content (AvgIpc) is 2.57. The number of amides is 1. The molecule has 2 aromatic rings. The van der Waals surface area contributed by atoms with Crippen molar-refractivity contribution in [3.05, 3.63) is 53.6 Å². The Balaban J connectivity index is 2.18. The van der Waals surface area contributed by atoms with Gasteiger partial charge in [-0.1, -0.05) is 11.6 Å². The predicted octanol–water partition coefficient (Wildman–Crippen LogP) is 3.92. The molecule has 0 aromatic heterocycles. The Morgan fingerprint density at radius 1 is 1.04 bits per heavy atom. The van der Waals surface area contributed by atoms with E-state index in [2.05, 4.69) is 5.32 Å². The maximum Gasteiger partial charge on any atom is 0.247 e. The van der Waals surface area contributed by atoms with E-state index in [0.29, 0.717) is 22.1 Å². The number of hydrogen-bond donors (Lipinski definition) is 1. The molecular formula is C19H23ClN2O4S. The number of nitrogens with one attached hydrogen (secondary N) is 1. The molecule has 8 heteroatoms. The average molecular weight is 411 g/mol. The lowest BCUT2D eigenvalue weighted by molar-refractivity contribution is -0.116. The van der Waals surface area contributed by atoms with Crippen molar-refractivity contribution in [1.29, 1.82) is 0 Å². The Hall–Kier alpha value is -2.25. The topological polar surface area (TPSA) is 75.7 Å². The molecule has 0 saturated heterocycles. The summed E-state index contributed by atoms with van der Waals surface area (Å²) in [6, 6.07) is 12.2. The van der Waals surface area contributed by atoms with E-state index in [1.165, 1.54) is 6.92 Å². The molecule has 0 bridgehead atoms. The standard InChI is InChI=1S/C19H23ClN2O4S/c1-13(2)26-18-11-7-16(8-12-18)21-19(23)14(3)22(27(4,24)25)17-9-5-15(20)6-10-17/h5-14H,1-4H3,(H,21,23)/t14-/m0/s1. The molecule has 0 aliphatic rings. The van der Waals surface area contributed by atoms with Gasteiger partial charge in [0, 0.05) is 10.7 Å². The Morgan fingerprint density at radius 3 is 2.07 bits per heavy atom. The van der Waals surface area contributed by atoms with Gasteiger partial charge in [-0.2, -0.15) is 0 Å². The van der Waals surface area contributed by atoms with Crippen LogP contribution >= 0.6 is 11.6 Å². The van der Waals surface area contributed by atoms with Gasteiger partial charge >= 0.3 is 0 Å². The summed E-state index contributed by atoms with van der Waals surface area (Å²) in [5, 5.41) is 3.21. The molecule has 2 rings (SSSR count). The zero-order valence-corrected chi connectivity index (χ0v) is 17.2. The lowest BCUT2D eigenvalue weighted by Crippen LogP contribution is -2.45. The van der Waals surface area contributed by atoms with E-state index in [0.717, 1.165) is 10.6 Å². The monoisotopic (exact) mass is 410 g/mol. The van der Waals surface area contributed by atoms with Gasteiger partial charge in [0.25, 0.3) is 0 Å². The zero-order valence-electron chi connectivity index (χ0n) is 15.6. The fourth-order valence-corrected chi connectivity index (χ4v) is 3.83. The molecule has 0 aliphatic heterocycles. The largest absolute Gasteiger partial charge is 0.491 e. The third-order valence-corrected chi connectivity index (χ3v) is 5.16. The summed E-state index contributed by atoms with van der Waals surface area (Å²) in [6.45, 7) is 5.38. The van der Waals surface area contributed by atoms with Crippen LogP contribution in [0.5, 0.6) is 5.75 Å². The number of rotatable bonds is 7. The smallest absolute Gasteiger partial charge is 0.247 e. The molecule has 1 N–H and O–H groups in total. The number of hydrogen-bond acceptors (Lipinski definition) is 4. The second-order valence-corrected chi connectivity index (χ2v) is 8.69. The normalized spacial score (nSPS) is 12.5. The van der Waals surface area contributed by atoms with E-state index < -0.39 is 22.0 Å². The van der Waals surface area contributed by atoms with Gasteiger partial charge < -0.3 is 10.1 Å². The Morgan fingerprint density at radius 2 is 1.59 bits per heavy atom. The quantitative estimate of drug-likeness (QED) is 0.750. The van der Waals surface area contributed by atoms with Gasteiger partial charge in [0.1, 0.15) is 11.8 Å². The molecule has 0 aliphatic carbocycles. The molecular weight excluding hydrogens is 388 g/mol. The number of carbonyl (C=O) groups is 1. The number of ether oxygens (including phenoxy) is 1. The van der Waals surface area contributed by atoms with Crippen LogP contribution in [0.3, 0.4) is 0 Å². The van der Waals surface area contributed by atoms with Gasteiger partial charge in [-0.15, -0.1) is 0 Å². The molecule has 0 unspecified atom stereocenters. The SMILES string of the molecule is CC(C)Oc1ccc(NC(=O)[C@H](C)N(c2ccc(Cl)cc2)S(C)(=O)=O)cc1. The van der Waals surface area contributed by atoms with Gasteiger partial charge in [-0.3, -0.25) is 9.10 Å². The minimum absolute atomic E-state index is 0.0492. The predicted molar refractivity (Wildman–Crippen MR) is 109 cm³/mol. The van der Waals surface area contributed by atoms with Crippen LogP contribution in [0, 0.1) is 0 Å². The van der Waals surface area contributed by atoms with Crippen molar-refractivity contribution in [3.8, 4) is 5.75 Å². The minimum Gasteiger partial charge on any atom is -0.491 e. The summed E-state index contributed by atoms with van der Waals surface area (Å²) in [4.78, 5) is 12.6. The summed E-state index contributed by atoms with van der Waals surface area (Å²) in [6.07, 6.45) is 1.11. The van der Waals surface area contributed by atoms with Crippen molar-refractivity contribution in [3.63, 3.8) is 0 Å². The van der Waals surface area contributed by atoms with Crippen molar-refractivity contribution >= 4 is 38.9 Å². The number of nitrogens with zero attached hydrogens (tertiary/aromatic N) is 1. The number of anilines is 2. The van der Waals surface area contributed by atoms with Crippen LogP contribution in [0.25, 0.3) is 0 Å². The Kier molecular flexibility index (Phi) is 6.73. The first-order chi connectivity index (χ1) is 12.6. The molecule has 0 radical (unpaired) electrons. The van der Waals surface area contributed by atoms with Crippen molar-refractivity contribution in [2.24, 2.45) is 0 Å². The fraction of sp³-hybridized carbons (Fsp3) is 0.316. The summed E-state index contributed by atoms with van der Waals surface area (Å²) in [5.74, 6) is 0.239. The Labute approximate surface area is 165 Å². The van der Waals surface area contributed by atoms with E-state index in [-0.39, 0.29) is 6.10 Å². The highest BCUT2D eigenvalue weighted by Gasteiger charge is 2.29. The molecule has 0 fully saturated rings. The van der Waals surface area contributed by atoms with Crippen LogP contribution < -0.4 is 14.4 Å². The molecule has 0 heterocycles. The van der Waals surface area contributed by atoms with Crippen molar-refractivity contribution in [2.45, 2.75) is 32.9 Å². The van der Waals surface area contributed by atoms with E-state index in [9.17, 15) is 13.2 Å². The highest BCUT2D eigenvalue weighted by molar-refractivity contribution is 7.92. The van der Waals surface area contributed by atoms with Crippen molar-refractivity contribution in [2.75, 3.05) is 15.9 Å². The van der Waals surface area contributed by atoms with Crippen LogP contribution in [-0.4, -0.2) is 32.7 Å². The van der Waals surface area contributed by atoms with Gasteiger partial charge in [-0.05, 0) is 69.3 Å². The first-order valence-electron chi connectivity index (χ1n) is 8.40. The first kappa shape index (κ1) is 21.1. The number of carbonyl (C=O) groups excluding carboxylic acids is 1. The second-order valence-electron chi connectivity index (χ2n) is 6.39. The summed E-state index contributed by atoms with van der Waals surface area (Å²) in [7, 11) is -3.68. The number of halogens is 1. The highest BCUT2D eigenvalue weighted by Crippen LogP contribution is 2.24. The van der Waals surface area contributed by atoms with Gasteiger partial charge in [0.05, 0.1) is 18.0 Å². The maximum absolute atomic E-state index is 12.6. The van der Waals surface area contributed by atoms with Crippen LogP contribution in [0.4, 0.5) is 11.4 Å². The summed E-state index contributed by atoms with van der Waals surface area (Å²) < 4.78 is 31.1. The molecule has 2 aromatic carbocycles.